The average Bonchev–Trinajstić information content (AvgIpc) is 3.06. The summed E-state index contributed by atoms with van der Waals surface area (Å²) in [6.45, 7) is 5.01. The summed E-state index contributed by atoms with van der Waals surface area (Å²) in [5.74, 6) is -0.586. The zero-order chi connectivity index (χ0) is 23.8. The van der Waals surface area contributed by atoms with Gasteiger partial charge in [-0.15, -0.1) is 0 Å². The van der Waals surface area contributed by atoms with E-state index in [1.54, 1.807) is 4.57 Å². The van der Waals surface area contributed by atoms with Crippen molar-refractivity contribution in [3.63, 3.8) is 0 Å². The molecule has 0 unspecified atom stereocenters. The summed E-state index contributed by atoms with van der Waals surface area (Å²) in [5, 5.41) is 14.1. The number of aromatic hydroxyl groups is 1. The lowest BCUT2D eigenvalue weighted by atomic mass is 9.98. The Bertz CT molecular complexity index is 1090. The van der Waals surface area contributed by atoms with Gasteiger partial charge in [0.25, 0.3) is 0 Å². The van der Waals surface area contributed by atoms with Gasteiger partial charge in [-0.1, -0.05) is 80.9 Å². The highest BCUT2D eigenvalue weighted by Gasteiger charge is 2.32. The van der Waals surface area contributed by atoms with Crippen molar-refractivity contribution < 1.29 is 9.90 Å². The number of carbonyl (C=O) groups is 1. The minimum atomic E-state index is -0.820. The van der Waals surface area contributed by atoms with Crippen LogP contribution in [0.2, 0.25) is 0 Å². The number of carbonyl (C=O) groups excluding carboxylic acids is 1. The normalized spacial score (nSPS) is 12.9. The number of nitrogens with one attached hydrogen (secondary N) is 1. The first-order valence-corrected chi connectivity index (χ1v) is 11.6. The molecule has 0 fully saturated rings. The van der Waals surface area contributed by atoms with Crippen molar-refractivity contribution in [3.05, 3.63) is 88.0 Å². The number of benzene rings is 2. The third-order valence-corrected chi connectivity index (χ3v) is 6.09. The molecule has 7 heteroatoms. The number of rotatable bonds is 11. The van der Waals surface area contributed by atoms with Crippen LogP contribution in [0.1, 0.15) is 49.6 Å². The van der Waals surface area contributed by atoms with Crippen molar-refractivity contribution in [2.45, 2.75) is 52.2 Å². The number of amides is 1. The summed E-state index contributed by atoms with van der Waals surface area (Å²) in [4.78, 5) is 26.9. The Labute approximate surface area is 194 Å². The quantitative estimate of drug-likeness (QED) is 0.417. The van der Waals surface area contributed by atoms with E-state index in [9.17, 15) is 14.7 Å². The number of hydrogen-bond donors (Lipinski definition) is 3. The second kappa shape index (κ2) is 11.5. The largest absolute Gasteiger partial charge is 0.493 e. The fourth-order valence-corrected chi connectivity index (χ4v) is 4.03. The SMILES string of the molecule is CC[C@H](C)[C@H](C(=O)NCc1ccccc1)n1c(O)c(CCCN)n(Cc2ccccc2)c1=O. The third kappa shape index (κ3) is 5.73. The van der Waals surface area contributed by atoms with Gasteiger partial charge in [0.15, 0.2) is 0 Å². The van der Waals surface area contributed by atoms with Gasteiger partial charge in [-0.05, 0) is 36.4 Å². The van der Waals surface area contributed by atoms with E-state index in [1.807, 2.05) is 74.5 Å². The van der Waals surface area contributed by atoms with Crippen LogP contribution in [0.4, 0.5) is 0 Å². The molecule has 3 aromatic rings. The van der Waals surface area contributed by atoms with Crippen molar-refractivity contribution in [1.29, 1.82) is 0 Å². The lowest BCUT2D eigenvalue weighted by Crippen LogP contribution is -2.40. The molecule has 7 nitrogen and oxygen atoms in total. The van der Waals surface area contributed by atoms with Crippen molar-refractivity contribution >= 4 is 5.91 Å². The van der Waals surface area contributed by atoms with Crippen LogP contribution in [0.3, 0.4) is 0 Å². The first-order chi connectivity index (χ1) is 16.0. The highest BCUT2D eigenvalue weighted by molar-refractivity contribution is 5.80. The van der Waals surface area contributed by atoms with Crippen molar-refractivity contribution in [2.24, 2.45) is 11.7 Å². The molecule has 0 spiro atoms. The van der Waals surface area contributed by atoms with E-state index in [1.165, 1.54) is 4.57 Å². The molecule has 1 aromatic heterocycles. The van der Waals surface area contributed by atoms with Gasteiger partial charge in [0, 0.05) is 6.54 Å². The van der Waals surface area contributed by atoms with Gasteiger partial charge in [-0.3, -0.25) is 9.36 Å². The molecule has 3 rings (SSSR count). The molecular weight excluding hydrogens is 416 g/mol. The van der Waals surface area contributed by atoms with E-state index in [4.69, 9.17) is 5.73 Å². The summed E-state index contributed by atoms with van der Waals surface area (Å²) < 4.78 is 2.84. The molecule has 0 radical (unpaired) electrons. The van der Waals surface area contributed by atoms with Crippen molar-refractivity contribution in [1.82, 2.24) is 14.5 Å². The Morgan fingerprint density at radius 2 is 1.67 bits per heavy atom. The van der Waals surface area contributed by atoms with Crippen LogP contribution in [-0.4, -0.2) is 26.7 Å². The zero-order valence-electron chi connectivity index (χ0n) is 19.4. The highest BCUT2D eigenvalue weighted by atomic mass is 16.3. The van der Waals surface area contributed by atoms with E-state index >= 15 is 0 Å². The first-order valence-electron chi connectivity index (χ1n) is 11.6. The molecule has 176 valence electrons. The Morgan fingerprint density at radius 1 is 1.06 bits per heavy atom. The molecule has 33 heavy (non-hydrogen) atoms. The monoisotopic (exact) mass is 450 g/mol. The zero-order valence-corrected chi connectivity index (χ0v) is 19.4. The fourth-order valence-electron chi connectivity index (χ4n) is 4.03. The maximum atomic E-state index is 13.6. The van der Waals surface area contributed by atoms with Crippen molar-refractivity contribution in [2.75, 3.05) is 6.54 Å². The van der Waals surface area contributed by atoms with Crippen LogP contribution in [0, 0.1) is 5.92 Å². The number of aromatic nitrogens is 2. The molecule has 1 heterocycles. The molecule has 2 atom stereocenters. The summed E-state index contributed by atoms with van der Waals surface area (Å²) in [6.07, 6.45) is 1.76. The van der Waals surface area contributed by atoms with Crippen LogP contribution in [0.5, 0.6) is 5.88 Å². The Morgan fingerprint density at radius 3 is 2.24 bits per heavy atom. The smallest absolute Gasteiger partial charge is 0.332 e. The van der Waals surface area contributed by atoms with Gasteiger partial charge in [-0.25, -0.2) is 9.36 Å². The molecule has 0 saturated carbocycles. The molecule has 0 saturated heterocycles. The van der Waals surface area contributed by atoms with Gasteiger partial charge < -0.3 is 16.2 Å². The maximum absolute atomic E-state index is 13.6. The van der Waals surface area contributed by atoms with Crippen molar-refractivity contribution in [3.8, 4) is 5.88 Å². The van der Waals surface area contributed by atoms with Gasteiger partial charge >= 0.3 is 5.69 Å². The van der Waals surface area contributed by atoms with Gasteiger partial charge in [0.05, 0.1) is 12.2 Å². The number of hydrogen-bond acceptors (Lipinski definition) is 4. The molecule has 0 aliphatic heterocycles. The van der Waals surface area contributed by atoms with Gasteiger partial charge in [-0.2, -0.15) is 0 Å². The van der Waals surface area contributed by atoms with E-state index in [2.05, 4.69) is 5.32 Å². The van der Waals surface area contributed by atoms with E-state index in [0.29, 0.717) is 44.6 Å². The summed E-state index contributed by atoms with van der Waals surface area (Å²) in [5.41, 5.74) is 7.75. The molecule has 4 N–H and O–H groups in total. The Kier molecular flexibility index (Phi) is 8.49. The van der Waals surface area contributed by atoms with E-state index in [0.717, 1.165) is 11.1 Å². The Balaban J connectivity index is 2.00. The molecular formula is C26H34N4O3. The van der Waals surface area contributed by atoms with Gasteiger partial charge in [0.2, 0.25) is 11.8 Å². The number of nitrogens with two attached hydrogens (primary N) is 1. The van der Waals surface area contributed by atoms with Crippen LogP contribution < -0.4 is 16.7 Å². The molecule has 0 aliphatic carbocycles. The maximum Gasteiger partial charge on any atom is 0.332 e. The molecule has 2 aromatic carbocycles. The average molecular weight is 451 g/mol. The topological polar surface area (TPSA) is 102 Å². The predicted molar refractivity (Wildman–Crippen MR) is 130 cm³/mol. The lowest BCUT2D eigenvalue weighted by Gasteiger charge is -2.23. The summed E-state index contributed by atoms with van der Waals surface area (Å²) in [6, 6.07) is 18.4. The molecule has 1 amide bonds. The minimum Gasteiger partial charge on any atom is -0.493 e. The third-order valence-electron chi connectivity index (χ3n) is 6.09. The lowest BCUT2D eigenvalue weighted by molar-refractivity contribution is -0.126. The molecule has 0 aliphatic rings. The van der Waals surface area contributed by atoms with Crippen LogP contribution in [0.25, 0.3) is 0 Å². The highest BCUT2D eigenvalue weighted by Crippen LogP contribution is 2.28. The second-order valence-electron chi connectivity index (χ2n) is 8.42. The minimum absolute atomic E-state index is 0.149. The number of imidazole rings is 1. The van der Waals surface area contributed by atoms with E-state index in [-0.39, 0.29) is 23.4 Å². The second-order valence-corrected chi connectivity index (χ2v) is 8.42. The Hall–Kier alpha value is -3.32. The summed E-state index contributed by atoms with van der Waals surface area (Å²) in [7, 11) is 0. The number of nitrogens with zero attached hydrogens (tertiary/aromatic N) is 2. The van der Waals surface area contributed by atoms with Crippen LogP contribution >= 0.6 is 0 Å². The first kappa shape index (κ1) is 24.3. The van der Waals surface area contributed by atoms with Crippen LogP contribution in [-0.2, 0) is 24.3 Å². The predicted octanol–water partition coefficient (Wildman–Crippen LogP) is 3.20. The van der Waals surface area contributed by atoms with E-state index < -0.39 is 6.04 Å². The molecule has 0 bridgehead atoms. The van der Waals surface area contributed by atoms with Crippen LogP contribution in [0.15, 0.2) is 65.5 Å². The fraction of sp³-hybridized carbons (Fsp3) is 0.385. The van der Waals surface area contributed by atoms with Gasteiger partial charge in [0.1, 0.15) is 6.04 Å². The summed E-state index contributed by atoms with van der Waals surface area (Å²) >= 11 is 0. The standard InChI is InChI=1S/C26H34N4O3/c1-3-19(2)23(24(31)28-17-20-11-6-4-7-12-20)30-25(32)22(15-10-16-27)29(26(30)33)18-21-13-8-5-9-14-21/h4-9,11-14,19,23,32H,3,10,15-18,27H2,1-2H3,(H,28,31)/t19-,23+/m0/s1.